The van der Waals surface area contributed by atoms with Gasteiger partial charge in [0.1, 0.15) is 11.4 Å². The van der Waals surface area contributed by atoms with Gasteiger partial charge in [-0.15, -0.1) is 0 Å². The zero-order valence-electron chi connectivity index (χ0n) is 15.5. The summed E-state index contributed by atoms with van der Waals surface area (Å²) in [5.74, 6) is 0.560. The Morgan fingerprint density at radius 3 is 3.04 bits per heavy atom. The Kier molecular flexibility index (Phi) is 6.65. The molecule has 0 aliphatic carbocycles. The molecule has 1 aromatic rings. The molecule has 2 aliphatic rings. The number of hydrogen-bond donors (Lipinski definition) is 2. The molecule has 2 unspecified atom stereocenters. The molecule has 0 radical (unpaired) electrons. The summed E-state index contributed by atoms with van der Waals surface area (Å²) < 4.78 is 5.50. The largest absolute Gasteiger partial charge is 0.364 e. The minimum Gasteiger partial charge on any atom is -0.364 e. The van der Waals surface area contributed by atoms with Gasteiger partial charge in [-0.1, -0.05) is 17.7 Å². The zero-order chi connectivity index (χ0) is 20.1. The molecule has 10 nitrogen and oxygen atoms in total. The van der Waals surface area contributed by atoms with E-state index in [-0.39, 0.29) is 23.2 Å². The van der Waals surface area contributed by atoms with Crippen LogP contribution in [0.1, 0.15) is 12.5 Å². The van der Waals surface area contributed by atoms with E-state index in [0.29, 0.717) is 50.2 Å². The Labute approximate surface area is 167 Å². The summed E-state index contributed by atoms with van der Waals surface area (Å²) in [5.41, 5.74) is 1.12. The van der Waals surface area contributed by atoms with Gasteiger partial charge >= 0.3 is 0 Å². The van der Waals surface area contributed by atoms with Crippen molar-refractivity contribution in [3.63, 3.8) is 0 Å². The maximum atomic E-state index is 11.6. The number of pyridine rings is 1. The SMILES string of the molecule is CCOC(CN1CC([N+](=O)[O-])=C2NCC(Cc3ccc(Cl)nc3)N2C1)NC=O. The third-order valence-electron chi connectivity index (χ3n) is 4.76. The first-order chi connectivity index (χ1) is 13.5. The number of nitro groups is 1. The number of nitrogens with zero attached hydrogens (tertiary/aromatic N) is 4. The summed E-state index contributed by atoms with van der Waals surface area (Å²) in [7, 11) is 0. The average molecular weight is 411 g/mol. The molecule has 2 aliphatic heterocycles. The summed E-state index contributed by atoms with van der Waals surface area (Å²) in [5, 5.41) is 17.8. The lowest BCUT2D eigenvalue weighted by molar-refractivity contribution is -0.432. The predicted molar refractivity (Wildman–Crippen MR) is 102 cm³/mol. The Balaban J connectivity index is 1.76. The number of rotatable bonds is 9. The molecular weight excluding hydrogens is 388 g/mol. The molecular formula is C17H23ClN6O4. The fourth-order valence-electron chi connectivity index (χ4n) is 3.53. The van der Waals surface area contributed by atoms with Crippen LogP contribution in [0, 0.1) is 10.1 Å². The van der Waals surface area contributed by atoms with Crippen LogP contribution in [0.25, 0.3) is 0 Å². The van der Waals surface area contributed by atoms with Gasteiger partial charge in [-0.05, 0) is 25.0 Å². The van der Waals surface area contributed by atoms with Gasteiger partial charge in [-0.25, -0.2) is 4.98 Å². The lowest BCUT2D eigenvalue weighted by Crippen LogP contribution is -2.52. The van der Waals surface area contributed by atoms with Crippen LogP contribution in [0.4, 0.5) is 0 Å². The van der Waals surface area contributed by atoms with Crippen molar-refractivity contribution in [2.45, 2.75) is 25.6 Å². The molecule has 3 heterocycles. The molecule has 2 atom stereocenters. The van der Waals surface area contributed by atoms with Crippen LogP contribution in [0.2, 0.25) is 5.15 Å². The third-order valence-corrected chi connectivity index (χ3v) is 4.98. The first kappa shape index (κ1) is 20.3. The van der Waals surface area contributed by atoms with Crippen LogP contribution in [-0.4, -0.2) is 71.3 Å². The Morgan fingerprint density at radius 2 is 2.39 bits per heavy atom. The molecule has 152 valence electrons. The third kappa shape index (κ3) is 4.70. The van der Waals surface area contributed by atoms with Crippen molar-refractivity contribution < 1.29 is 14.5 Å². The van der Waals surface area contributed by atoms with E-state index in [1.807, 2.05) is 22.8 Å². The summed E-state index contributed by atoms with van der Waals surface area (Å²) in [6.07, 6.45) is 2.46. The van der Waals surface area contributed by atoms with Crippen molar-refractivity contribution in [3.05, 3.63) is 50.7 Å². The number of ether oxygens (including phenoxy) is 1. The summed E-state index contributed by atoms with van der Waals surface area (Å²) in [4.78, 5) is 30.1. The van der Waals surface area contributed by atoms with Crippen molar-refractivity contribution in [3.8, 4) is 0 Å². The van der Waals surface area contributed by atoms with Gasteiger partial charge in [0, 0.05) is 25.9 Å². The number of aromatic nitrogens is 1. The lowest BCUT2D eigenvalue weighted by atomic mass is 10.1. The average Bonchev–Trinajstić information content (AvgIpc) is 3.06. The van der Waals surface area contributed by atoms with Crippen LogP contribution in [0.5, 0.6) is 0 Å². The van der Waals surface area contributed by atoms with Crippen LogP contribution < -0.4 is 10.6 Å². The lowest BCUT2D eigenvalue weighted by Gasteiger charge is -2.37. The van der Waals surface area contributed by atoms with Gasteiger partial charge in [0.05, 0.1) is 24.2 Å². The number of nitrogens with one attached hydrogen (secondary N) is 2. The second kappa shape index (κ2) is 9.18. The van der Waals surface area contributed by atoms with Crippen LogP contribution >= 0.6 is 11.6 Å². The number of fused-ring (bicyclic) bond motifs is 1. The number of hydrogen-bond acceptors (Lipinski definition) is 8. The fourth-order valence-corrected chi connectivity index (χ4v) is 3.64. The molecule has 3 rings (SSSR count). The maximum absolute atomic E-state index is 11.6. The molecule has 1 amide bonds. The molecule has 0 bridgehead atoms. The highest BCUT2D eigenvalue weighted by atomic mass is 35.5. The number of amides is 1. The molecule has 28 heavy (non-hydrogen) atoms. The maximum Gasteiger partial charge on any atom is 0.299 e. The normalized spacial score (nSPS) is 20.5. The topological polar surface area (TPSA) is 113 Å². The van der Waals surface area contributed by atoms with Crippen molar-refractivity contribution in [1.29, 1.82) is 0 Å². The van der Waals surface area contributed by atoms with Gasteiger partial charge in [0.2, 0.25) is 6.41 Å². The number of halogens is 1. The van der Waals surface area contributed by atoms with Gasteiger partial charge in [-0.3, -0.25) is 19.8 Å². The van der Waals surface area contributed by atoms with Crippen molar-refractivity contribution in [1.82, 2.24) is 25.4 Å². The van der Waals surface area contributed by atoms with E-state index < -0.39 is 6.23 Å². The first-order valence-corrected chi connectivity index (χ1v) is 9.41. The van der Waals surface area contributed by atoms with Crippen LogP contribution in [0.3, 0.4) is 0 Å². The Bertz CT molecular complexity index is 744. The molecule has 0 aromatic carbocycles. The van der Waals surface area contributed by atoms with Crippen LogP contribution in [0.15, 0.2) is 29.8 Å². The quantitative estimate of drug-likeness (QED) is 0.197. The second-order valence-corrected chi connectivity index (χ2v) is 7.02. The van der Waals surface area contributed by atoms with E-state index in [0.717, 1.165) is 5.56 Å². The smallest absolute Gasteiger partial charge is 0.299 e. The van der Waals surface area contributed by atoms with Gasteiger partial charge in [-0.2, -0.15) is 0 Å². The molecule has 1 saturated heterocycles. The van der Waals surface area contributed by atoms with Crippen molar-refractivity contribution in [2.24, 2.45) is 0 Å². The van der Waals surface area contributed by atoms with E-state index in [2.05, 4.69) is 15.6 Å². The summed E-state index contributed by atoms with van der Waals surface area (Å²) in [6.45, 7) is 3.88. The van der Waals surface area contributed by atoms with E-state index >= 15 is 0 Å². The highest BCUT2D eigenvalue weighted by molar-refractivity contribution is 6.29. The van der Waals surface area contributed by atoms with Crippen molar-refractivity contribution >= 4 is 18.0 Å². The fraction of sp³-hybridized carbons (Fsp3) is 0.529. The minimum atomic E-state index is -0.522. The minimum absolute atomic E-state index is 0.0419. The monoisotopic (exact) mass is 410 g/mol. The standard InChI is InChI=1S/C17H23ClN6O4/c1-2-28-16(21-10-25)9-22-8-14(24(26)27)17-20-7-13(23(17)11-22)5-12-3-4-15(18)19-6-12/h3-4,6,10,13,16,20H,2,5,7-9,11H2,1H3,(H,21,25). The summed E-state index contributed by atoms with van der Waals surface area (Å²) in [6, 6.07) is 3.69. The van der Waals surface area contributed by atoms with E-state index in [9.17, 15) is 14.9 Å². The summed E-state index contributed by atoms with van der Waals surface area (Å²) >= 11 is 5.85. The van der Waals surface area contributed by atoms with E-state index in [1.165, 1.54) is 0 Å². The predicted octanol–water partition coefficient (Wildman–Crippen LogP) is 0.379. The second-order valence-electron chi connectivity index (χ2n) is 6.63. The highest BCUT2D eigenvalue weighted by Gasteiger charge is 2.40. The molecule has 0 spiro atoms. The molecule has 1 fully saturated rings. The number of carbonyl (C=O) groups is 1. The number of carbonyl (C=O) groups excluding carboxylic acids is 1. The molecule has 2 N–H and O–H groups in total. The molecule has 11 heteroatoms. The molecule has 0 saturated carbocycles. The van der Waals surface area contributed by atoms with Crippen LogP contribution in [-0.2, 0) is 16.0 Å². The zero-order valence-corrected chi connectivity index (χ0v) is 16.3. The Hall–Kier alpha value is -2.43. The van der Waals surface area contributed by atoms with Gasteiger partial charge in [0.25, 0.3) is 5.70 Å². The molecule has 1 aromatic heterocycles. The van der Waals surface area contributed by atoms with E-state index in [4.69, 9.17) is 16.3 Å². The van der Waals surface area contributed by atoms with E-state index in [1.54, 1.807) is 12.3 Å². The Morgan fingerprint density at radius 1 is 1.57 bits per heavy atom. The van der Waals surface area contributed by atoms with Gasteiger partial charge < -0.3 is 20.3 Å². The van der Waals surface area contributed by atoms with Crippen molar-refractivity contribution in [2.75, 3.05) is 32.9 Å². The highest BCUT2D eigenvalue weighted by Crippen LogP contribution is 2.26. The first-order valence-electron chi connectivity index (χ1n) is 9.04. The van der Waals surface area contributed by atoms with Gasteiger partial charge in [0.15, 0.2) is 5.82 Å².